The van der Waals surface area contributed by atoms with Gasteiger partial charge in [0.05, 0.1) is 5.69 Å². The largest absolute Gasteiger partial charge is 0.384 e. The summed E-state index contributed by atoms with van der Waals surface area (Å²) in [5.74, 6) is 5.50. The Morgan fingerprint density at radius 1 is 1.35 bits per heavy atom. The standard InChI is InChI=1S/C16H20N2O2/c1-13-7-8-15(14(12-13)6-5-11-19)17-16(20)18-9-3-2-4-10-18/h7-8,12,19H,2-4,9-11H2,1H3,(H,17,20). The molecule has 20 heavy (non-hydrogen) atoms. The lowest BCUT2D eigenvalue weighted by Crippen LogP contribution is -2.38. The molecule has 1 fully saturated rings. The summed E-state index contributed by atoms with van der Waals surface area (Å²) in [7, 11) is 0. The van der Waals surface area contributed by atoms with Crippen LogP contribution in [-0.4, -0.2) is 35.7 Å². The number of aliphatic hydroxyl groups excluding tert-OH is 1. The van der Waals surface area contributed by atoms with E-state index in [0.29, 0.717) is 5.69 Å². The van der Waals surface area contributed by atoms with E-state index in [1.54, 1.807) is 0 Å². The number of likely N-dealkylation sites (tertiary alicyclic amines) is 1. The first kappa shape index (κ1) is 14.4. The predicted molar refractivity (Wildman–Crippen MR) is 79.6 cm³/mol. The molecule has 2 rings (SSSR count). The number of aliphatic hydroxyl groups is 1. The maximum Gasteiger partial charge on any atom is 0.321 e. The Morgan fingerprint density at radius 3 is 2.80 bits per heavy atom. The first-order valence-electron chi connectivity index (χ1n) is 6.97. The second-order valence-electron chi connectivity index (χ2n) is 4.99. The third-order valence-corrected chi connectivity index (χ3v) is 3.36. The van der Waals surface area contributed by atoms with Gasteiger partial charge in [0.15, 0.2) is 0 Å². The molecule has 1 aliphatic heterocycles. The summed E-state index contributed by atoms with van der Waals surface area (Å²) in [5.41, 5.74) is 2.51. The zero-order valence-corrected chi connectivity index (χ0v) is 11.8. The molecule has 2 N–H and O–H groups in total. The van der Waals surface area contributed by atoms with Gasteiger partial charge in [-0.1, -0.05) is 17.9 Å². The summed E-state index contributed by atoms with van der Waals surface area (Å²) in [6, 6.07) is 5.64. The van der Waals surface area contributed by atoms with Crippen LogP contribution in [0.15, 0.2) is 18.2 Å². The average Bonchev–Trinajstić information content (AvgIpc) is 2.48. The Hall–Kier alpha value is -1.99. The maximum absolute atomic E-state index is 12.2. The van der Waals surface area contributed by atoms with Crippen molar-refractivity contribution in [3.8, 4) is 11.8 Å². The van der Waals surface area contributed by atoms with Crippen molar-refractivity contribution in [2.45, 2.75) is 26.2 Å². The van der Waals surface area contributed by atoms with Gasteiger partial charge < -0.3 is 15.3 Å². The molecule has 1 aromatic rings. The number of rotatable bonds is 1. The van der Waals surface area contributed by atoms with Crippen LogP contribution in [0, 0.1) is 18.8 Å². The van der Waals surface area contributed by atoms with E-state index in [1.807, 2.05) is 30.0 Å². The minimum Gasteiger partial charge on any atom is -0.384 e. The Kier molecular flexibility index (Phi) is 5.03. The monoisotopic (exact) mass is 272 g/mol. The fourth-order valence-corrected chi connectivity index (χ4v) is 2.30. The van der Waals surface area contributed by atoms with Crippen molar-refractivity contribution < 1.29 is 9.90 Å². The Morgan fingerprint density at radius 2 is 2.10 bits per heavy atom. The summed E-state index contributed by atoms with van der Waals surface area (Å²) < 4.78 is 0. The first-order valence-corrected chi connectivity index (χ1v) is 6.97. The fourth-order valence-electron chi connectivity index (χ4n) is 2.30. The van der Waals surface area contributed by atoms with Crippen LogP contribution in [0.2, 0.25) is 0 Å². The van der Waals surface area contributed by atoms with Gasteiger partial charge in [-0.3, -0.25) is 0 Å². The molecule has 0 aromatic heterocycles. The molecule has 0 spiro atoms. The minimum atomic E-state index is -0.187. The number of hydrogen-bond acceptors (Lipinski definition) is 2. The van der Waals surface area contributed by atoms with Gasteiger partial charge in [0.2, 0.25) is 0 Å². The first-order chi connectivity index (χ1) is 9.70. The number of benzene rings is 1. The van der Waals surface area contributed by atoms with Gasteiger partial charge in [-0.25, -0.2) is 4.79 Å². The number of piperidine rings is 1. The van der Waals surface area contributed by atoms with Crippen LogP contribution < -0.4 is 5.32 Å². The number of amides is 2. The molecule has 1 aromatic carbocycles. The number of carbonyl (C=O) groups is 1. The molecule has 4 heteroatoms. The lowest BCUT2D eigenvalue weighted by molar-refractivity contribution is 0.200. The Labute approximate surface area is 119 Å². The highest BCUT2D eigenvalue weighted by molar-refractivity contribution is 5.91. The molecule has 4 nitrogen and oxygen atoms in total. The molecule has 0 radical (unpaired) electrons. The topological polar surface area (TPSA) is 52.6 Å². The summed E-state index contributed by atoms with van der Waals surface area (Å²) in [4.78, 5) is 14.0. The van der Waals surface area contributed by atoms with E-state index in [-0.39, 0.29) is 12.6 Å². The average molecular weight is 272 g/mol. The smallest absolute Gasteiger partial charge is 0.321 e. The highest BCUT2D eigenvalue weighted by Crippen LogP contribution is 2.18. The van der Waals surface area contributed by atoms with Crippen LogP contribution in [0.3, 0.4) is 0 Å². The highest BCUT2D eigenvalue weighted by atomic mass is 16.2. The second kappa shape index (κ2) is 6.97. The van der Waals surface area contributed by atoms with E-state index in [4.69, 9.17) is 5.11 Å². The number of nitrogens with one attached hydrogen (secondary N) is 1. The Bertz CT molecular complexity index is 537. The van der Waals surface area contributed by atoms with Gasteiger partial charge in [-0.2, -0.15) is 0 Å². The molecule has 0 bridgehead atoms. The zero-order valence-electron chi connectivity index (χ0n) is 11.8. The Balaban J connectivity index is 2.13. The third kappa shape index (κ3) is 3.75. The third-order valence-electron chi connectivity index (χ3n) is 3.36. The molecule has 0 saturated carbocycles. The van der Waals surface area contributed by atoms with E-state index in [2.05, 4.69) is 17.2 Å². The molecular weight excluding hydrogens is 252 g/mol. The van der Waals surface area contributed by atoms with Crippen LogP contribution >= 0.6 is 0 Å². The van der Waals surface area contributed by atoms with E-state index in [1.165, 1.54) is 6.42 Å². The molecule has 106 valence electrons. The molecule has 0 atom stereocenters. The molecular formula is C16H20N2O2. The lowest BCUT2D eigenvalue weighted by Gasteiger charge is -2.27. The normalized spacial score (nSPS) is 14.4. The number of carbonyl (C=O) groups excluding carboxylic acids is 1. The van der Waals surface area contributed by atoms with Crippen molar-refractivity contribution in [1.82, 2.24) is 4.90 Å². The fraction of sp³-hybridized carbons (Fsp3) is 0.438. The molecule has 0 unspecified atom stereocenters. The SMILES string of the molecule is Cc1ccc(NC(=O)N2CCCCC2)c(C#CCO)c1. The van der Waals surface area contributed by atoms with E-state index < -0.39 is 0 Å². The van der Waals surface area contributed by atoms with Gasteiger partial charge in [-0.05, 0) is 43.9 Å². The van der Waals surface area contributed by atoms with Crippen LogP contribution in [0.1, 0.15) is 30.4 Å². The van der Waals surface area contributed by atoms with Gasteiger partial charge in [0.1, 0.15) is 6.61 Å². The zero-order chi connectivity index (χ0) is 14.4. The maximum atomic E-state index is 12.2. The summed E-state index contributed by atoms with van der Waals surface area (Å²) in [5, 5.41) is 11.7. The van der Waals surface area contributed by atoms with Gasteiger partial charge >= 0.3 is 6.03 Å². The van der Waals surface area contributed by atoms with E-state index >= 15 is 0 Å². The van der Waals surface area contributed by atoms with Crippen LogP contribution in [-0.2, 0) is 0 Å². The minimum absolute atomic E-state index is 0.0689. The van der Waals surface area contributed by atoms with Crippen molar-refractivity contribution in [3.05, 3.63) is 29.3 Å². The van der Waals surface area contributed by atoms with Crippen molar-refractivity contribution in [1.29, 1.82) is 0 Å². The number of nitrogens with zero attached hydrogens (tertiary/aromatic N) is 1. The summed E-state index contributed by atoms with van der Waals surface area (Å²) in [6.07, 6.45) is 3.33. The quantitative estimate of drug-likeness (QED) is 0.771. The van der Waals surface area contributed by atoms with Gasteiger partial charge in [-0.15, -0.1) is 0 Å². The summed E-state index contributed by atoms with van der Waals surface area (Å²) in [6.45, 7) is 3.42. The van der Waals surface area contributed by atoms with Crippen molar-refractivity contribution >= 4 is 11.7 Å². The molecule has 1 aliphatic rings. The molecule has 2 amide bonds. The molecule has 1 heterocycles. The summed E-state index contributed by atoms with van der Waals surface area (Å²) >= 11 is 0. The number of anilines is 1. The van der Waals surface area contributed by atoms with Crippen LogP contribution in [0.25, 0.3) is 0 Å². The second-order valence-corrected chi connectivity index (χ2v) is 4.99. The molecule has 1 saturated heterocycles. The number of hydrogen-bond donors (Lipinski definition) is 2. The number of aryl methyl sites for hydroxylation is 1. The highest BCUT2D eigenvalue weighted by Gasteiger charge is 2.17. The van der Waals surface area contributed by atoms with Gasteiger partial charge in [0, 0.05) is 18.7 Å². The van der Waals surface area contributed by atoms with E-state index in [0.717, 1.165) is 37.1 Å². The van der Waals surface area contributed by atoms with Crippen molar-refractivity contribution in [2.24, 2.45) is 0 Å². The van der Waals surface area contributed by atoms with Crippen LogP contribution in [0.4, 0.5) is 10.5 Å². The molecule has 0 aliphatic carbocycles. The van der Waals surface area contributed by atoms with E-state index in [9.17, 15) is 4.79 Å². The lowest BCUT2D eigenvalue weighted by atomic mass is 10.1. The number of urea groups is 1. The van der Waals surface area contributed by atoms with Crippen molar-refractivity contribution in [2.75, 3.05) is 25.0 Å². The van der Waals surface area contributed by atoms with Crippen LogP contribution in [0.5, 0.6) is 0 Å². The predicted octanol–water partition coefficient (Wildman–Crippen LogP) is 2.36. The van der Waals surface area contributed by atoms with Gasteiger partial charge in [0.25, 0.3) is 0 Å². The van der Waals surface area contributed by atoms with Crippen molar-refractivity contribution in [3.63, 3.8) is 0 Å².